The van der Waals surface area contributed by atoms with Crippen molar-refractivity contribution in [2.45, 2.75) is 92.4 Å². The fraction of sp³-hybridized carbons (Fsp3) is 0.500. The molecular weight excluding hydrogens is 471 g/mol. The Morgan fingerprint density at radius 1 is 0.677 bits per heavy atom. The third kappa shape index (κ3) is 8.84. The summed E-state index contributed by atoms with van der Waals surface area (Å²) in [4.78, 5) is 9.81. The smallest absolute Gasteiger partial charge is 0.0636 e. The second-order valence-electron chi connectivity index (χ2n) is 7.99. The Morgan fingerprint density at radius 2 is 1.23 bits per heavy atom. The monoisotopic (exact) mass is 510 g/mol. The van der Waals surface area contributed by atoms with E-state index in [9.17, 15) is 0 Å². The van der Waals surface area contributed by atoms with Crippen LogP contribution in [0.2, 0.25) is 0 Å². The van der Waals surface area contributed by atoms with E-state index in [0.717, 1.165) is 49.2 Å². The summed E-state index contributed by atoms with van der Waals surface area (Å²) in [5.74, 6) is 0. The van der Waals surface area contributed by atoms with Gasteiger partial charge in [0.05, 0.1) is 17.1 Å². The van der Waals surface area contributed by atoms with Crippen molar-refractivity contribution in [1.82, 2.24) is 0 Å². The van der Waals surface area contributed by atoms with Gasteiger partial charge in [0.25, 0.3) is 0 Å². The normalized spacial score (nSPS) is 11.7. The number of nitrogens with zero attached hydrogens (tertiary/aromatic N) is 2. The zero-order valence-electron chi connectivity index (χ0n) is 20.1. The summed E-state index contributed by atoms with van der Waals surface area (Å²) < 4.78 is 0. The molecule has 0 unspecified atom stereocenters. The molecule has 0 aliphatic carbocycles. The van der Waals surface area contributed by atoms with Gasteiger partial charge in [0.2, 0.25) is 0 Å². The molecule has 2 nitrogen and oxygen atoms in total. The van der Waals surface area contributed by atoms with Crippen LogP contribution in [0.15, 0.2) is 46.4 Å². The molecule has 0 fully saturated rings. The van der Waals surface area contributed by atoms with Crippen molar-refractivity contribution in [3.05, 3.63) is 58.7 Å². The minimum absolute atomic E-state index is 0. The van der Waals surface area contributed by atoms with Gasteiger partial charge in [-0.05, 0) is 85.0 Å². The average Bonchev–Trinajstić information content (AvgIpc) is 2.79. The molecule has 0 amide bonds. The molecule has 0 saturated carbocycles. The molecule has 0 bridgehead atoms. The first kappa shape index (κ1) is 27.5. The van der Waals surface area contributed by atoms with E-state index >= 15 is 0 Å². The maximum Gasteiger partial charge on any atom is 0.0636 e. The first-order valence-electron chi connectivity index (χ1n) is 12.0. The number of aliphatic imine (C=N–C) groups is 2. The van der Waals surface area contributed by atoms with Crippen LogP contribution in [0.4, 0.5) is 11.4 Å². The van der Waals surface area contributed by atoms with Crippen molar-refractivity contribution < 1.29 is 20.4 Å². The summed E-state index contributed by atoms with van der Waals surface area (Å²) in [5.41, 5.74) is 8.82. The molecule has 2 rings (SSSR count). The fourth-order valence-corrected chi connectivity index (χ4v) is 3.92. The second kappa shape index (κ2) is 15.3. The van der Waals surface area contributed by atoms with E-state index in [4.69, 9.17) is 9.98 Å². The van der Waals surface area contributed by atoms with Gasteiger partial charge in [-0.25, -0.2) is 0 Å². The van der Waals surface area contributed by atoms with Crippen LogP contribution in [-0.2, 0) is 46.1 Å². The Labute approximate surface area is 204 Å². The molecular formula is C28H40N2Pd. The molecule has 0 saturated heterocycles. The summed E-state index contributed by atoms with van der Waals surface area (Å²) in [5, 5.41) is 0. The molecule has 31 heavy (non-hydrogen) atoms. The predicted molar refractivity (Wildman–Crippen MR) is 134 cm³/mol. The van der Waals surface area contributed by atoms with Crippen LogP contribution in [0.25, 0.3) is 0 Å². The average molecular weight is 511 g/mol. The number of rotatable bonds is 12. The zero-order valence-corrected chi connectivity index (χ0v) is 21.7. The van der Waals surface area contributed by atoms with Gasteiger partial charge >= 0.3 is 0 Å². The van der Waals surface area contributed by atoms with Gasteiger partial charge in [0.15, 0.2) is 0 Å². The van der Waals surface area contributed by atoms with Gasteiger partial charge in [-0.3, -0.25) is 9.98 Å². The molecule has 0 aromatic heterocycles. The van der Waals surface area contributed by atoms with Crippen LogP contribution in [-0.4, -0.2) is 11.9 Å². The largest absolute Gasteiger partial charge is 0.255 e. The van der Waals surface area contributed by atoms with Crippen molar-refractivity contribution in [3.63, 3.8) is 0 Å². The Bertz CT molecular complexity index is 852. The number of hydrogen-bond donors (Lipinski definition) is 0. The van der Waals surface area contributed by atoms with E-state index in [-0.39, 0.29) is 20.4 Å². The molecule has 172 valence electrons. The maximum absolute atomic E-state index is 5.00. The molecule has 2 aromatic carbocycles. The van der Waals surface area contributed by atoms with Crippen LogP contribution in [0.1, 0.15) is 89.0 Å². The molecule has 0 heterocycles. The van der Waals surface area contributed by atoms with Crippen molar-refractivity contribution in [1.29, 1.82) is 0 Å². The minimum Gasteiger partial charge on any atom is -0.255 e. The van der Waals surface area contributed by atoms with Crippen LogP contribution in [0.3, 0.4) is 0 Å². The minimum atomic E-state index is 0. The van der Waals surface area contributed by atoms with Crippen molar-refractivity contribution in [2.24, 2.45) is 9.98 Å². The maximum atomic E-state index is 5.00. The quantitative estimate of drug-likeness (QED) is 0.156. The first-order valence-corrected chi connectivity index (χ1v) is 12.0. The number of aryl methyl sites for hydroxylation is 4. The Morgan fingerprint density at radius 3 is 1.77 bits per heavy atom. The Balaban J connectivity index is 0.00000480. The van der Waals surface area contributed by atoms with Crippen LogP contribution in [0, 0.1) is 0 Å². The van der Waals surface area contributed by atoms with Gasteiger partial charge in [-0.1, -0.05) is 66.0 Å². The molecule has 0 N–H and O–H groups in total. The summed E-state index contributed by atoms with van der Waals surface area (Å²) in [7, 11) is 0. The fourth-order valence-electron chi connectivity index (χ4n) is 3.92. The van der Waals surface area contributed by atoms with Crippen LogP contribution in [0.5, 0.6) is 0 Å². The van der Waals surface area contributed by atoms with E-state index in [1.54, 1.807) is 0 Å². The topological polar surface area (TPSA) is 24.7 Å². The van der Waals surface area contributed by atoms with Gasteiger partial charge in [-0.15, -0.1) is 0 Å². The van der Waals surface area contributed by atoms with E-state index in [1.807, 2.05) is 6.21 Å². The molecule has 0 spiro atoms. The predicted octanol–water partition coefficient (Wildman–Crippen LogP) is 8.38. The van der Waals surface area contributed by atoms with Crippen molar-refractivity contribution >= 4 is 23.3 Å². The van der Waals surface area contributed by atoms with Gasteiger partial charge in [0.1, 0.15) is 0 Å². The van der Waals surface area contributed by atoms with Gasteiger partial charge in [-0.2, -0.15) is 0 Å². The molecule has 3 heteroatoms. The summed E-state index contributed by atoms with van der Waals surface area (Å²) in [6.45, 7) is 11.1. The number of benzene rings is 2. The molecule has 0 radical (unpaired) electrons. The van der Waals surface area contributed by atoms with Crippen LogP contribution >= 0.6 is 0 Å². The molecule has 2 aromatic rings. The number of unbranched alkanes of at least 4 members (excludes halogenated alkanes) is 3. The second-order valence-corrected chi connectivity index (χ2v) is 7.99. The summed E-state index contributed by atoms with van der Waals surface area (Å²) in [6, 6.07) is 13.2. The number of hydrogen-bond acceptors (Lipinski definition) is 2. The zero-order chi connectivity index (χ0) is 21.8. The van der Waals surface area contributed by atoms with E-state index in [0.29, 0.717) is 0 Å². The van der Waals surface area contributed by atoms with E-state index in [1.165, 1.54) is 47.9 Å². The van der Waals surface area contributed by atoms with E-state index < -0.39 is 0 Å². The first-order chi connectivity index (χ1) is 14.6. The van der Waals surface area contributed by atoms with Crippen molar-refractivity contribution in [3.8, 4) is 0 Å². The summed E-state index contributed by atoms with van der Waals surface area (Å²) >= 11 is 0. The van der Waals surface area contributed by atoms with Crippen molar-refractivity contribution in [2.75, 3.05) is 0 Å². The van der Waals surface area contributed by atoms with Crippen LogP contribution < -0.4 is 0 Å². The molecule has 0 aliphatic rings. The third-order valence-electron chi connectivity index (χ3n) is 5.83. The molecule has 0 aliphatic heterocycles. The van der Waals surface area contributed by atoms with Gasteiger partial charge < -0.3 is 0 Å². The van der Waals surface area contributed by atoms with Gasteiger partial charge in [0, 0.05) is 26.6 Å². The Kier molecular flexibility index (Phi) is 13.5. The third-order valence-corrected chi connectivity index (χ3v) is 5.83. The molecule has 0 atom stereocenters. The Hall–Kier alpha value is -1.56. The summed E-state index contributed by atoms with van der Waals surface area (Å²) in [6.07, 6.45) is 12.2. The van der Waals surface area contributed by atoms with E-state index in [2.05, 4.69) is 71.0 Å². The standard InChI is InChI=1S/C28H40N2.Pd/c1-6-11-12-13-14-28(30-27-18-16-23(8-3)25(10-5)20-27)21-29-26-17-15-22(7-2)24(9-4)19-26;/h15-21H,6-14H2,1-5H3;. The SMILES string of the molecule is CCCCCCC(C=Nc1ccc(CC)c(CC)c1)=Nc1ccc(CC)c(CC)c1.[Pd].